The number of ether oxygens (including phenoxy) is 1. The first kappa shape index (κ1) is 13.2. The summed E-state index contributed by atoms with van der Waals surface area (Å²) in [7, 11) is 0. The predicted molar refractivity (Wildman–Crippen MR) is 84.6 cm³/mol. The molecule has 0 unspecified atom stereocenters. The summed E-state index contributed by atoms with van der Waals surface area (Å²) in [6.07, 6.45) is 0. The molecule has 2 aromatic carbocycles. The van der Waals surface area contributed by atoms with Gasteiger partial charge in [0.05, 0.1) is 17.6 Å². The minimum atomic E-state index is 0.645. The number of benzene rings is 2. The van der Waals surface area contributed by atoms with Gasteiger partial charge in [-0.3, -0.25) is 4.57 Å². The lowest BCUT2D eigenvalue weighted by molar-refractivity contribution is 0.340. The van der Waals surface area contributed by atoms with Crippen molar-refractivity contribution in [3.63, 3.8) is 0 Å². The average molecular weight is 305 g/mol. The lowest BCUT2D eigenvalue weighted by Crippen LogP contribution is -1.95. The Bertz CT molecular complexity index is 805. The molecule has 3 rings (SSSR count). The summed E-state index contributed by atoms with van der Waals surface area (Å²) in [6.45, 7) is 2.62. The van der Waals surface area contributed by atoms with E-state index in [9.17, 15) is 0 Å². The zero-order valence-corrected chi connectivity index (χ0v) is 12.5. The van der Waals surface area contributed by atoms with Crippen molar-refractivity contribution in [1.29, 1.82) is 0 Å². The molecule has 0 atom stereocenters. The van der Waals surface area contributed by atoms with Crippen LogP contribution in [0.1, 0.15) is 6.92 Å². The van der Waals surface area contributed by atoms with Gasteiger partial charge in [0.25, 0.3) is 0 Å². The normalized spacial score (nSPS) is 10.9. The fraction of sp³-hybridized carbons (Fsp3) is 0.133. The van der Waals surface area contributed by atoms with Gasteiger partial charge >= 0.3 is 0 Å². The number of hydrogen-bond acceptors (Lipinski definition) is 2. The van der Waals surface area contributed by atoms with Crippen LogP contribution in [0, 0.1) is 4.77 Å². The number of nitrogens with one attached hydrogen (secondary N) is 1. The highest BCUT2D eigenvalue weighted by Crippen LogP contribution is 2.24. The Kier molecular flexibility index (Phi) is 3.51. The summed E-state index contributed by atoms with van der Waals surface area (Å²) < 4.78 is 8.06. The van der Waals surface area contributed by atoms with Crippen molar-refractivity contribution in [2.45, 2.75) is 6.92 Å². The smallest absolute Gasteiger partial charge is 0.182 e. The minimum absolute atomic E-state index is 0.645. The second kappa shape index (κ2) is 5.31. The van der Waals surface area contributed by atoms with Crippen LogP contribution in [0.4, 0.5) is 0 Å². The van der Waals surface area contributed by atoms with Crippen molar-refractivity contribution < 1.29 is 4.74 Å². The molecular weight excluding hydrogens is 292 g/mol. The first-order chi connectivity index (χ1) is 9.69. The van der Waals surface area contributed by atoms with Gasteiger partial charge in [-0.2, -0.15) is 0 Å². The van der Waals surface area contributed by atoms with Crippen LogP contribution in [0.5, 0.6) is 5.75 Å². The minimum Gasteiger partial charge on any atom is -0.494 e. The molecule has 0 aliphatic carbocycles. The molecule has 0 bridgehead atoms. The second-order valence-electron chi connectivity index (χ2n) is 4.35. The average Bonchev–Trinajstić information content (AvgIpc) is 2.76. The van der Waals surface area contributed by atoms with Crippen LogP contribution in [0.3, 0.4) is 0 Å². The molecule has 1 heterocycles. The zero-order chi connectivity index (χ0) is 14.1. The SMILES string of the molecule is CCOc1ccc(-n2c(=S)[nH]c3ccc(Cl)cc32)cc1. The van der Waals surface area contributed by atoms with Crippen molar-refractivity contribution in [2.75, 3.05) is 6.61 Å². The maximum Gasteiger partial charge on any atom is 0.182 e. The van der Waals surface area contributed by atoms with E-state index in [-0.39, 0.29) is 0 Å². The van der Waals surface area contributed by atoms with E-state index in [0.717, 1.165) is 22.5 Å². The number of imidazole rings is 1. The molecule has 1 N–H and O–H groups in total. The van der Waals surface area contributed by atoms with Gasteiger partial charge in [-0.15, -0.1) is 0 Å². The Morgan fingerprint density at radius 1 is 1.20 bits per heavy atom. The summed E-state index contributed by atoms with van der Waals surface area (Å²) in [5.41, 5.74) is 2.91. The summed E-state index contributed by atoms with van der Waals surface area (Å²) >= 11 is 11.5. The van der Waals surface area contributed by atoms with Crippen molar-refractivity contribution in [3.05, 3.63) is 52.3 Å². The molecule has 3 aromatic rings. The summed E-state index contributed by atoms with van der Waals surface area (Å²) in [5, 5.41) is 0.686. The first-order valence-corrected chi connectivity index (χ1v) is 7.11. The standard InChI is InChI=1S/C15H13ClN2OS/c1-2-19-12-6-4-11(5-7-12)18-14-9-10(16)3-8-13(14)17-15(18)20/h3-9H,2H2,1H3,(H,17,20). The van der Waals surface area contributed by atoms with E-state index >= 15 is 0 Å². The van der Waals surface area contributed by atoms with Gasteiger partial charge in [0.2, 0.25) is 0 Å². The Balaban J connectivity index is 2.15. The molecule has 0 fully saturated rings. The molecule has 0 spiro atoms. The van der Waals surface area contributed by atoms with E-state index in [2.05, 4.69) is 4.98 Å². The van der Waals surface area contributed by atoms with Crippen molar-refractivity contribution in [3.8, 4) is 11.4 Å². The Hall–Kier alpha value is -1.78. The first-order valence-electron chi connectivity index (χ1n) is 6.32. The number of halogens is 1. The van der Waals surface area contributed by atoms with Crippen LogP contribution in [0.25, 0.3) is 16.7 Å². The van der Waals surface area contributed by atoms with Crippen molar-refractivity contribution >= 4 is 34.9 Å². The van der Waals surface area contributed by atoms with E-state index in [1.807, 2.05) is 54.0 Å². The lowest BCUT2D eigenvalue weighted by Gasteiger charge is -2.07. The zero-order valence-electron chi connectivity index (χ0n) is 10.9. The highest BCUT2D eigenvalue weighted by atomic mass is 35.5. The third-order valence-electron chi connectivity index (χ3n) is 3.05. The van der Waals surface area contributed by atoms with Crippen LogP contribution < -0.4 is 4.74 Å². The summed E-state index contributed by atoms with van der Waals surface area (Å²) in [4.78, 5) is 3.18. The molecular formula is C15H13ClN2OS. The van der Waals surface area contributed by atoms with Crippen LogP contribution in [-0.2, 0) is 0 Å². The highest BCUT2D eigenvalue weighted by molar-refractivity contribution is 7.71. The van der Waals surface area contributed by atoms with E-state index in [0.29, 0.717) is 16.4 Å². The molecule has 0 radical (unpaired) electrons. The number of aromatic nitrogens is 2. The molecule has 0 saturated heterocycles. The molecule has 102 valence electrons. The fourth-order valence-electron chi connectivity index (χ4n) is 2.19. The van der Waals surface area contributed by atoms with Crippen molar-refractivity contribution in [2.24, 2.45) is 0 Å². The maximum atomic E-state index is 6.07. The molecule has 0 saturated carbocycles. The van der Waals surface area contributed by atoms with Crippen LogP contribution in [-0.4, -0.2) is 16.2 Å². The maximum absolute atomic E-state index is 6.07. The largest absolute Gasteiger partial charge is 0.494 e. The van der Waals surface area contributed by atoms with Gasteiger partial charge in [0, 0.05) is 10.7 Å². The van der Waals surface area contributed by atoms with Gasteiger partial charge in [0.1, 0.15) is 5.75 Å². The quantitative estimate of drug-likeness (QED) is 0.708. The molecule has 3 nitrogen and oxygen atoms in total. The summed E-state index contributed by atoms with van der Waals surface area (Å²) in [6, 6.07) is 13.5. The highest BCUT2D eigenvalue weighted by Gasteiger charge is 2.07. The third-order valence-corrected chi connectivity index (χ3v) is 3.57. The van der Waals surface area contributed by atoms with E-state index in [1.165, 1.54) is 0 Å². The van der Waals surface area contributed by atoms with E-state index < -0.39 is 0 Å². The Labute approximate surface area is 126 Å². The molecule has 0 aliphatic heterocycles. The number of fused-ring (bicyclic) bond motifs is 1. The van der Waals surface area contributed by atoms with Gasteiger partial charge < -0.3 is 9.72 Å². The molecule has 5 heteroatoms. The number of rotatable bonds is 3. The van der Waals surface area contributed by atoms with Crippen molar-refractivity contribution in [1.82, 2.24) is 9.55 Å². The Morgan fingerprint density at radius 2 is 1.95 bits per heavy atom. The van der Waals surface area contributed by atoms with E-state index in [4.69, 9.17) is 28.6 Å². The van der Waals surface area contributed by atoms with Crippen LogP contribution >= 0.6 is 23.8 Å². The second-order valence-corrected chi connectivity index (χ2v) is 5.18. The van der Waals surface area contributed by atoms with Gasteiger partial charge in [-0.05, 0) is 61.6 Å². The number of nitrogens with zero attached hydrogens (tertiary/aromatic N) is 1. The fourth-order valence-corrected chi connectivity index (χ4v) is 2.67. The molecule has 0 amide bonds. The molecule has 1 aromatic heterocycles. The number of H-pyrrole nitrogens is 1. The third kappa shape index (κ3) is 2.32. The lowest BCUT2D eigenvalue weighted by atomic mass is 10.2. The predicted octanol–water partition coefficient (Wildman–Crippen LogP) is 4.74. The van der Waals surface area contributed by atoms with Gasteiger partial charge in [-0.1, -0.05) is 11.6 Å². The van der Waals surface area contributed by atoms with Gasteiger partial charge in [0.15, 0.2) is 4.77 Å². The van der Waals surface area contributed by atoms with Crippen LogP contribution in [0.15, 0.2) is 42.5 Å². The Morgan fingerprint density at radius 3 is 2.65 bits per heavy atom. The molecule has 20 heavy (non-hydrogen) atoms. The van der Waals surface area contributed by atoms with Crippen LogP contribution in [0.2, 0.25) is 5.02 Å². The monoisotopic (exact) mass is 304 g/mol. The number of aromatic amines is 1. The number of hydrogen-bond donors (Lipinski definition) is 1. The molecule has 0 aliphatic rings. The van der Waals surface area contributed by atoms with E-state index in [1.54, 1.807) is 0 Å². The topological polar surface area (TPSA) is 29.9 Å². The summed E-state index contributed by atoms with van der Waals surface area (Å²) in [5.74, 6) is 0.848. The van der Waals surface area contributed by atoms with Gasteiger partial charge in [-0.25, -0.2) is 0 Å².